The summed E-state index contributed by atoms with van der Waals surface area (Å²) in [7, 11) is -3.86. The Kier molecular flexibility index (Phi) is 5.82. The highest BCUT2D eigenvalue weighted by Gasteiger charge is 2.18. The molecule has 22 heavy (non-hydrogen) atoms. The average Bonchev–Trinajstić information content (AvgIpc) is 2.41. The minimum atomic E-state index is -3.86. The molecule has 0 aliphatic heterocycles. The molecule has 0 unspecified atom stereocenters. The van der Waals surface area contributed by atoms with Gasteiger partial charge in [0.2, 0.25) is 0 Å². The Balaban J connectivity index is 0.00000242. The monoisotopic (exact) mass is 361 g/mol. The van der Waals surface area contributed by atoms with E-state index in [0.717, 1.165) is 5.56 Å². The van der Waals surface area contributed by atoms with Gasteiger partial charge in [-0.1, -0.05) is 29.3 Å². The SMILES string of the molecule is Cc1ccc(S(=O)(=O)Nc2ccc(Cl)cc2C(=O)O)cc1.Cl. The van der Waals surface area contributed by atoms with Crippen LogP contribution in [0.2, 0.25) is 5.02 Å². The lowest BCUT2D eigenvalue weighted by Gasteiger charge is -2.11. The lowest BCUT2D eigenvalue weighted by Crippen LogP contribution is -2.15. The Morgan fingerprint density at radius 3 is 2.27 bits per heavy atom. The van der Waals surface area contributed by atoms with Crippen LogP contribution in [-0.4, -0.2) is 19.5 Å². The third-order valence-electron chi connectivity index (χ3n) is 2.79. The highest BCUT2D eigenvalue weighted by Crippen LogP contribution is 2.23. The van der Waals surface area contributed by atoms with Gasteiger partial charge in [0, 0.05) is 5.02 Å². The van der Waals surface area contributed by atoms with E-state index in [2.05, 4.69) is 4.72 Å². The molecule has 0 saturated carbocycles. The molecule has 118 valence electrons. The van der Waals surface area contributed by atoms with Crippen molar-refractivity contribution >= 4 is 45.7 Å². The topological polar surface area (TPSA) is 83.5 Å². The van der Waals surface area contributed by atoms with Crippen LogP contribution in [0.25, 0.3) is 0 Å². The first-order valence-electron chi connectivity index (χ1n) is 5.92. The van der Waals surface area contributed by atoms with Crippen molar-refractivity contribution in [3.63, 3.8) is 0 Å². The molecule has 5 nitrogen and oxygen atoms in total. The van der Waals surface area contributed by atoms with E-state index in [1.807, 2.05) is 6.92 Å². The van der Waals surface area contributed by atoms with Gasteiger partial charge in [0.05, 0.1) is 16.1 Å². The van der Waals surface area contributed by atoms with Gasteiger partial charge in [-0.3, -0.25) is 4.72 Å². The summed E-state index contributed by atoms with van der Waals surface area (Å²) in [5, 5.41) is 9.31. The molecule has 0 amide bonds. The Bertz CT molecular complexity index is 789. The number of anilines is 1. The second-order valence-electron chi connectivity index (χ2n) is 4.41. The zero-order chi connectivity index (χ0) is 15.6. The van der Waals surface area contributed by atoms with Gasteiger partial charge in [0.25, 0.3) is 10.0 Å². The van der Waals surface area contributed by atoms with Gasteiger partial charge in [0.15, 0.2) is 0 Å². The maximum absolute atomic E-state index is 12.2. The fourth-order valence-electron chi connectivity index (χ4n) is 1.70. The second kappa shape index (κ2) is 7.00. The maximum Gasteiger partial charge on any atom is 0.337 e. The summed E-state index contributed by atoms with van der Waals surface area (Å²) in [6.07, 6.45) is 0. The lowest BCUT2D eigenvalue weighted by molar-refractivity contribution is 0.0698. The summed E-state index contributed by atoms with van der Waals surface area (Å²) in [5.74, 6) is -1.26. The molecule has 0 fully saturated rings. The number of benzene rings is 2. The minimum Gasteiger partial charge on any atom is -0.478 e. The molecule has 0 radical (unpaired) electrons. The molecule has 0 aliphatic carbocycles. The normalized spacial score (nSPS) is 10.6. The van der Waals surface area contributed by atoms with E-state index in [1.54, 1.807) is 12.1 Å². The van der Waals surface area contributed by atoms with Gasteiger partial charge in [0.1, 0.15) is 0 Å². The fraction of sp³-hybridized carbons (Fsp3) is 0.0714. The van der Waals surface area contributed by atoms with Crippen molar-refractivity contribution in [2.24, 2.45) is 0 Å². The van der Waals surface area contributed by atoms with Crippen LogP contribution in [0.5, 0.6) is 0 Å². The van der Waals surface area contributed by atoms with Crippen molar-refractivity contribution in [2.75, 3.05) is 4.72 Å². The summed E-state index contributed by atoms with van der Waals surface area (Å²) in [6.45, 7) is 1.84. The molecule has 2 aromatic rings. The van der Waals surface area contributed by atoms with E-state index in [0.29, 0.717) is 0 Å². The van der Waals surface area contributed by atoms with Gasteiger partial charge >= 0.3 is 5.97 Å². The number of hydrogen-bond acceptors (Lipinski definition) is 3. The van der Waals surface area contributed by atoms with E-state index < -0.39 is 16.0 Å². The molecular formula is C14H13Cl2NO4S. The summed E-state index contributed by atoms with van der Waals surface area (Å²) >= 11 is 5.73. The van der Waals surface area contributed by atoms with Gasteiger partial charge in [-0.15, -0.1) is 12.4 Å². The molecule has 0 saturated heterocycles. The molecule has 0 bridgehead atoms. The predicted molar refractivity (Wildman–Crippen MR) is 87.6 cm³/mol. The fourth-order valence-corrected chi connectivity index (χ4v) is 2.96. The standard InChI is InChI=1S/C14H12ClNO4S.ClH/c1-9-2-5-11(6-3-9)21(19,20)16-13-7-4-10(15)8-12(13)14(17)18;/h2-8,16H,1H3,(H,17,18);1H. The van der Waals surface area contributed by atoms with Crippen molar-refractivity contribution in [1.82, 2.24) is 0 Å². The first-order chi connectivity index (χ1) is 9.79. The van der Waals surface area contributed by atoms with Crippen LogP contribution in [0.1, 0.15) is 15.9 Å². The number of carbonyl (C=O) groups is 1. The van der Waals surface area contributed by atoms with Crippen LogP contribution in [-0.2, 0) is 10.0 Å². The van der Waals surface area contributed by atoms with Crippen LogP contribution < -0.4 is 4.72 Å². The van der Waals surface area contributed by atoms with Crippen LogP contribution >= 0.6 is 24.0 Å². The van der Waals surface area contributed by atoms with Crippen LogP contribution in [0.15, 0.2) is 47.4 Å². The van der Waals surface area contributed by atoms with Gasteiger partial charge < -0.3 is 5.11 Å². The Hall–Kier alpha value is -1.76. The largest absolute Gasteiger partial charge is 0.478 e. The molecule has 0 heterocycles. The summed E-state index contributed by atoms with van der Waals surface area (Å²) in [4.78, 5) is 11.2. The molecular weight excluding hydrogens is 349 g/mol. The number of sulfonamides is 1. The smallest absolute Gasteiger partial charge is 0.337 e. The highest BCUT2D eigenvalue weighted by molar-refractivity contribution is 7.92. The average molecular weight is 362 g/mol. The number of halogens is 2. The molecule has 0 atom stereocenters. The second-order valence-corrected chi connectivity index (χ2v) is 6.53. The van der Waals surface area contributed by atoms with E-state index in [9.17, 15) is 13.2 Å². The van der Waals surface area contributed by atoms with Gasteiger partial charge in [-0.05, 0) is 37.3 Å². The summed E-state index contributed by atoms with van der Waals surface area (Å²) in [5.41, 5.74) is 0.678. The third-order valence-corrected chi connectivity index (χ3v) is 4.40. The number of aryl methyl sites for hydroxylation is 1. The number of carboxylic acid groups (broad SMARTS) is 1. The predicted octanol–water partition coefficient (Wildman–Crippen LogP) is 3.57. The zero-order valence-electron chi connectivity index (χ0n) is 11.4. The number of rotatable bonds is 4. The third kappa shape index (κ3) is 4.13. The summed E-state index contributed by atoms with van der Waals surface area (Å²) in [6, 6.07) is 10.2. The maximum atomic E-state index is 12.2. The minimum absolute atomic E-state index is 0. The van der Waals surface area contributed by atoms with Gasteiger partial charge in [-0.2, -0.15) is 0 Å². The van der Waals surface area contributed by atoms with E-state index >= 15 is 0 Å². The van der Waals surface area contributed by atoms with Crippen LogP contribution in [0.4, 0.5) is 5.69 Å². The first-order valence-corrected chi connectivity index (χ1v) is 7.78. The zero-order valence-corrected chi connectivity index (χ0v) is 13.8. The summed E-state index contributed by atoms with van der Waals surface area (Å²) < 4.78 is 26.7. The van der Waals surface area contributed by atoms with Crippen molar-refractivity contribution < 1.29 is 18.3 Å². The number of hydrogen-bond donors (Lipinski definition) is 2. The highest BCUT2D eigenvalue weighted by atomic mass is 35.5. The van der Waals surface area contributed by atoms with Crippen molar-refractivity contribution in [2.45, 2.75) is 11.8 Å². The Morgan fingerprint density at radius 1 is 1.14 bits per heavy atom. The molecule has 0 spiro atoms. The van der Waals surface area contributed by atoms with E-state index in [-0.39, 0.29) is 33.6 Å². The van der Waals surface area contributed by atoms with Crippen molar-refractivity contribution in [3.8, 4) is 0 Å². The molecule has 2 rings (SSSR count). The molecule has 8 heteroatoms. The number of carboxylic acids is 1. The molecule has 0 aromatic heterocycles. The number of nitrogens with one attached hydrogen (secondary N) is 1. The molecule has 2 N–H and O–H groups in total. The van der Waals surface area contributed by atoms with Gasteiger partial charge in [-0.25, -0.2) is 13.2 Å². The molecule has 2 aromatic carbocycles. The molecule has 0 aliphatic rings. The van der Waals surface area contributed by atoms with Crippen LogP contribution in [0.3, 0.4) is 0 Å². The number of aromatic carboxylic acids is 1. The van der Waals surface area contributed by atoms with Crippen molar-refractivity contribution in [3.05, 3.63) is 58.6 Å². The van der Waals surface area contributed by atoms with Crippen molar-refractivity contribution in [1.29, 1.82) is 0 Å². The Labute approximate surface area is 139 Å². The quantitative estimate of drug-likeness (QED) is 0.871. The van der Waals surface area contributed by atoms with E-state index in [1.165, 1.54) is 30.3 Å². The van der Waals surface area contributed by atoms with Crippen LogP contribution in [0, 0.1) is 6.92 Å². The lowest BCUT2D eigenvalue weighted by atomic mass is 10.2. The first kappa shape index (κ1) is 18.3. The Morgan fingerprint density at radius 2 is 1.73 bits per heavy atom. The van der Waals surface area contributed by atoms with E-state index in [4.69, 9.17) is 16.7 Å².